The van der Waals surface area contributed by atoms with Crippen LogP contribution < -0.4 is 0 Å². The summed E-state index contributed by atoms with van der Waals surface area (Å²) in [6.07, 6.45) is 12.8. The van der Waals surface area contributed by atoms with Crippen molar-refractivity contribution in [3.8, 4) is 0 Å². The highest BCUT2D eigenvalue weighted by Gasteiger charge is 2.16. The first-order valence-electron chi connectivity index (χ1n) is 8.06. The molecular weight excluding hydrogens is 240 g/mol. The Hall–Kier alpha value is -0.570. The van der Waals surface area contributed by atoms with Crippen LogP contribution in [-0.2, 0) is 4.79 Å². The molecule has 0 radical (unpaired) electrons. The monoisotopic (exact) mass is 272 g/mol. The lowest BCUT2D eigenvalue weighted by Gasteiger charge is -2.12. The quantitative estimate of drug-likeness (QED) is 0.461. The molecule has 0 heterocycles. The topological polar surface area (TPSA) is 57.5 Å². The number of aliphatic carboxylic acids is 1. The van der Waals surface area contributed by atoms with Crippen molar-refractivity contribution in [3.63, 3.8) is 0 Å². The second-order valence-electron chi connectivity index (χ2n) is 5.52. The van der Waals surface area contributed by atoms with Gasteiger partial charge in [0.05, 0.1) is 5.92 Å². The standard InChI is InChI=1S/C16H32O3/c1-2-3-4-5-6-9-12-15(16(18)19)13-10-7-8-11-14-17/h15,17H,2-14H2,1H3,(H,18,19). The normalized spacial score (nSPS) is 12.5. The van der Waals surface area contributed by atoms with Crippen molar-refractivity contribution < 1.29 is 15.0 Å². The smallest absolute Gasteiger partial charge is 0.306 e. The lowest BCUT2D eigenvalue weighted by Crippen LogP contribution is -2.13. The van der Waals surface area contributed by atoms with Gasteiger partial charge in [0.2, 0.25) is 0 Å². The number of rotatable bonds is 14. The zero-order chi connectivity index (χ0) is 14.3. The van der Waals surface area contributed by atoms with Crippen LogP contribution in [0.2, 0.25) is 0 Å². The van der Waals surface area contributed by atoms with Crippen molar-refractivity contribution in [1.29, 1.82) is 0 Å². The van der Waals surface area contributed by atoms with Gasteiger partial charge in [0.1, 0.15) is 0 Å². The largest absolute Gasteiger partial charge is 0.481 e. The molecule has 19 heavy (non-hydrogen) atoms. The van der Waals surface area contributed by atoms with E-state index in [1.54, 1.807) is 0 Å². The summed E-state index contributed by atoms with van der Waals surface area (Å²) < 4.78 is 0. The fourth-order valence-electron chi connectivity index (χ4n) is 2.42. The van der Waals surface area contributed by atoms with E-state index in [2.05, 4.69) is 6.92 Å². The SMILES string of the molecule is CCCCCCCCC(CCCCCCO)C(=O)O. The van der Waals surface area contributed by atoms with Gasteiger partial charge < -0.3 is 10.2 Å². The Bertz CT molecular complexity index is 204. The van der Waals surface area contributed by atoms with E-state index >= 15 is 0 Å². The molecule has 0 fully saturated rings. The number of carboxylic acid groups (broad SMARTS) is 1. The minimum absolute atomic E-state index is 0.152. The second kappa shape index (κ2) is 13.9. The maximum atomic E-state index is 11.1. The van der Waals surface area contributed by atoms with Gasteiger partial charge in [0.15, 0.2) is 0 Å². The van der Waals surface area contributed by atoms with E-state index in [0.29, 0.717) is 0 Å². The van der Waals surface area contributed by atoms with Crippen LogP contribution in [-0.4, -0.2) is 22.8 Å². The number of hydrogen-bond donors (Lipinski definition) is 2. The third kappa shape index (κ3) is 12.2. The second-order valence-corrected chi connectivity index (χ2v) is 5.52. The Balaban J connectivity index is 3.54. The minimum Gasteiger partial charge on any atom is -0.481 e. The van der Waals surface area contributed by atoms with Crippen molar-refractivity contribution in [2.45, 2.75) is 84.0 Å². The van der Waals surface area contributed by atoms with Crippen LogP contribution in [0.3, 0.4) is 0 Å². The molecule has 0 saturated heterocycles. The van der Waals surface area contributed by atoms with Gasteiger partial charge >= 0.3 is 5.97 Å². The maximum absolute atomic E-state index is 11.1. The van der Waals surface area contributed by atoms with Crippen LogP contribution in [0.15, 0.2) is 0 Å². The number of carboxylic acids is 1. The summed E-state index contributed by atoms with van der Waals surface area (Å²) in [5.74, 6) is -0.781. The third-order valence-corrected chi connectivity index (χ3v) is 3.72. The Labute approximate surface area is 118 Å². The summed E-state index contributed by atoms with van der Waals surface area (Å²) in [6, 6.07) is 0. The zero-order valence-corrected chi connectivity index (χ0v) is 12.6. The van der Waals surface area contributed by atoms with E-state index in [0.717, 1.165) is 44.9 Å². The van der Waals surface area contributed by atoms with E-state index < -0.39 is 5.97 Å². The first-order chi connectivity index (χ1) is 9.22. The lowest BCUT2D eigenvalue weighted by atomic mass is 9.94. The van der Waals surface area contributed by atoms with Gasteiger partial charge in [-0.1, -0.05) is 64.7 Å². The molecule has 0 spiro atoms. The molecule has 0 aliphatic heterocycles. The van der Waals surface area contributed by atoms with E-state index in [1.165, 1.54) is 32.1 Å². The molecule has 0 saturated carbocycles. The highest BCUT2D eigenvalue weighted by atomic mass is 16.4. The molecule has 0 aromatic rings. The maximum Gasteiger partial charge on any atom is 0.306 e. The number of unbranched alkanes of at least 4 members (excludes halogenated alkanes) is 8. The molecule has 0 bridgehead atoms. The van der Waals surface area contributed by atoms with Crippen molar-refractivity contribution >= 4 is 5.97 Å². The molecule has 3 nitrogen and oxygen atoms in total. The van der Waals surface area contributed by atoms with Crippen LogP contribution in [0.1, 0.15) is 84.0 Å². The van der Waals surface area contributed by atoms with E-state index in [4.69, 9.17) is 5.11 Å². The number of aliphatic hydroxyl groups excluding tert-OH is 1. The molecule has 0 rings (SSSR count). The van der Waals surface area contributed by atoms with Crippen LogP contribution in [0, 0.1) is 5.92 Å². The number of aliphatic hydroxyl groups is 1. The average Bonchev–Trinajstić information content (AvgIpc) is 2.39. The Kier molecular flexibility index (Phi) is 13.4. The van der Waals surface area contributed by atoms with Crippen LogP contribution in [0.25, 0.3) is 0 Å². The van der Waals surface area contributed by atoms with Gasteiger partial charge in [-0.25, -0.2) is 0 Å². The molecule has 1 unspecified atom stereocenters. The highest BCUT2D eigenvalue weighted by Crippen LogP contribution is 2.19. The van der Waals surface area contributed by atoms with Crippen molar-refractivity contribution in [2.24, 2.45) is 5.92 Å². The summed E-state index contributed by atoms with van der Waals surface area (Å²) in [5, 5.41) is 17.9. The van der Waals surface area contributed by atoms with Gasteiger partial charge in [-0.15, -0.1) is 0 Å². The summed E-state index contributed by atoms with van der Waals surface area (Å²) in [7, 11) is 0. The van der Waals surface area contributed by atoms with Gasteiger partial charge in [0.25, 0.3) is 0 Å². The summed E-state index contributed by atoms with van der Waals surface area (Å²) in [6.45, 7) is 2.46. The molecular formula is C16H32O3. The Morgan fingerprint density at radius 1 is 0.842 bits per heavy atom. The fourth-order valence-corrected chi connectivity index (χ4v) is 2.42. The molecule has 0 aromatic carbocycles. The fraction of sp³-hybridized carbons (Fsp3) is 0.938. The van der Waals surface area contributed by atoms with Crippen molar-refractivity contribution in [3.05, 3.63) is 0 Å². The molecule has 0 aromatic heterocycles. The van der Waals surface area contributed by atoms with Gasteiger partial charge in [-0.3, -0.25) is 4.79 Å². The van der Waals surface area contributed by atoms with E-state index in [1.807, 2.05) is 0 Å². The minimum atomic E-state index is -0.629. The lowest BCUT2D eigenvalue weighted by molar-refractivity contribution is -0.142. The predicted molar refractivity (Wildman–Crippen MR) is 79.3 cm³/mol. The average molecular weight is 272 g/mol. The van der Waals surface area contributed by atoms with Crippen LogP contribution >= 0.6 is 0 Å². The highest BCUT2D eigenvalue weighted by molar-refractivity contribution is 5.69. The molecule has 3 heteroatoms. The van der Waals surface area contributed by atoms with Crippen LogP contribution in [0.5, 0.6) is 0 Å². The Morgan fingerprint density at radius 3 is 1.79 bits per heavy atom. The van der Waals surface area contributed by atoms with Crippen molar-refractivity contribution in [2.75, 3.05) is 6.61 Å². The van der Waals surface area contributed by atoms with Gasteiger partial charge in [-0.05, 0) is 19.3 Å². The van der Waals surface area contributed by atoms with Crippen molar-refractivity contribution in [1.82, 2.24) is 0 Å². The molecule has 0 amide bonds. The summed E-state index contributed by atoms with van der Waals surface area (Å²) in [5.41, 5.74) is 0. The molecule has 0 aliphatic carbocycles. The van der Waals surface area contributed by atoms with E-state index in [-0.39, 0.29) is 12.5 Å². The van der Waals surface area contributed by atoms with Crippen LogP contribution in [0.4, 0.5) is 0 Å². The number of carbonyl (C=O) groups is 1. The molecule has 1 atom stereocenters. The summed E-state index contributed by atoms with van der Waals surface area (Å²) in [4.78, 5) is 11.1. The molecule has 114 valence electrons. The molecule has 2 N–H and O–H groups in total. The van der Waals surface area contributed by atoms with Gasteiger partial charge in [0, 0.05) is 6.61 Å². The predicted octanol–water partition coefficient (Wildman–Crippen LogP) is 4.38. The zero-order valence-electron chi connectivity index (χ0n) is 12.6. The summed E-state index contributed by atoms with van der Waals surface area (Å²) >= 11 is 0. The van der Waals surface area contributed by atoms with E-state index in [9.17, 15) is 9.90 Å². The first kappa shape index (κ1) is 18.4. The third-order valence-electron chi connectivity index (χ3n) is 3.72. The van der Waals surface area contributed by atoms with Gasteiger partial charge in [-0.2, -0.15) is 0 Å². The number of hydrogen-bond acceptors (Lipinski definition) is 2. The first-order valence-corrected chi connectivity index (χ1v) is 8.06. The Morgan fingerprint density at radius 2 is 1.32 bits per heavy atom. The molecule has 0 aliphatic rings.